The van der Waals surface area contributed by atoms with Crippen molar-refractivity contribution in [2.75, 3.05) is 10.6 Å². The molecule has 1 saturated heterocycles. The lowest BCUT2D eigenvalue weighted by atomic mass is 9.62. The van der Waals surface area contributed by atoms with Crippen molar-refractivity contribution in [3.63, 3.8) is 0 Å². The lowest BCUT2D eigenvalue weighted by Crippen LogP contribution is -2.49. The number of aromatic nitrogens is 1. The summed E-state index contributed by atoms with van der Waals surface area (Å²) in [6.07, 6.45) is 1.92. The van der Waals surface area contributed by atoms with E-state index in [0.29, 0.717) is 22.7 Å². The van der Waals surface area contributed by atoms with Crippen molar-refractivity contribution in [3.05, 3.63) is 92.1 Å². The first kappa shape index (κ1) is 26.4. The number of nitrogens with one attached hydrogen (secondary N) is 4. The molecule has 4 atom stereocenters. The maximum Gasteiger partial charge on any atom is 0.249 e. The second-order valence-electron chi connectivity index (χ2n) is 11.0. The summed E-state index contributed by atoms with van der Waals surface area (Å²) in [6, 6.07) is 10.9. The number of halogens is 3. The number of amides is 2. The highest BCUT2D eigenvalue weighted by Crippen LogP contribution is 2.57. The molecule has 2 aliphatic rings. The Morgan fingerprint density at radius 2 is 1.87 bits per heavy atom. The zero-order chi connectivity index (χ0) is 27.4. The van der Waals surface area contributed by atoms with Crippen molar-refractivity contribution >= 4 is 46.4 Å². The third kappa shape index (κ3) is 4.40. The summed E-state index contributed by atoms with van der Waals surface area (Å²) < 4.78 is 15.7. The standard InChI is InChI=1S/C28H27Cl2FN4O3/c1-27(2,3)13-20-28(17-8-7-14(29)11-19(17)34-26(28)38)22(16-5-4-6-18(30)23(16)31)24(35-20)25(37)33-15-9-10-32-21(36)12-15/h4-12,20,22,24,35H,13H2,1-3H3,(H,34,38)(H2,32,33,36,37). The van der Waals surface area contributed by atoms with Crippen molar-refractivity contribution in [1.82, 2.24) is 10.3 Å². The van der Waals surface area contributed by atoms with E-state index in [1.807, 2.05) is 20.8 Å². The molecule has 0 saturated carbocycles. The van der Waals surface area contributed by atoms with Crippen LogP contribution >= 0.6 is 23.2 Å². The summed E-state index contributed by atoms with van der Waals surface area (Å²) in [5.74, 6) is -2.53. The molecule has 2 aromatic carbocycles. The number of carbonyl (C=O) groups excluding carboxylic acids is 2. The van der Waals surface area contributed by atoms with Crippen molar-refractivity contribution in [2.45, 2.75) is 50.6 Å². The fourth-order valence-electron chi connectivity index (χ4n) is 5.89. The summed E-state index contributed by atoms with van der Waals surface area (Å²) >= 11 is 12.5. The largest absolute Gasteiger partial charge is 0.329 e. The van der Waals surface area contributed by atoms with Gasteiger partial charge < -0.3 is 20.9 Å². The predicted octanol–water partition coefficient (Wildman–Crippen LogP) is 5.21. The molecule has 0 bridgehead atoms. The van der Waals surface area contributed by atoms with Crippen LogP contribution in [0.3, 0.4) is 0 Å². The first-order chi connectivity index (χ1) is 17.9. The van der Waals surface area contributed by atoms with Gasteiger partial charge in [0.2, 0.25) is 17.4 Å². The van der Waals surface area contributed by atoms with Crippen LogP contribution in [0.2, 0.25) is 10.0 Å². The van der Waals surface area contributed by atoms with Crippen LogP contribution in [0.25, 0.3) is 0 Å². The number of benzene rings is 2. The van der Waals surface area contributed by atoms with Gasteiger partial charge in [0.25, 0.3) is 0 Å². The third-order valence-corrected chi connectivity index (χ3v) is 7.79. The second kappa shape index (κ2) is 9.52. The van der Waals surface area contributed by atoms with E-state index in [9.17, 15) is 14.4 Å². The molecular formula is C28H27Cl2FN4O3. The van der Waals surface area contributed by atoms with Crippen LogP contribution in [-0.2, 0) is 15.0 Å². The van der Waals surface area contributed by atoms with Gasteiger partial charge in [-0.1, -0.05) is 62.2 Å². The second-order valence-corrected chi connectivity index (χ2v) is 11.9. The van der Waals surface area contributed by atoms with Gasteiger partial charge in [0.15, 0.2) is 0 Å². The Balaban J connectivity index is 1.74. The molecule has 1 spiro atoms. The quantitative estimate of drug-likeness (QED) is 0.354. The van der Waals surface area contributed by atoms with Gasteiger partial charge in [-0.15, -0.1) is 0 Å². The molecule has 4 N–H and O–H groups in total. The first-order valence-electron chi connectivity index (χ1n) is 12.2. The summed E-state index contributed by atoms with van der Waals surface area (Å²) in [6.45, 7) is 6.11. The van der Waals surface area contributed by atoms with Crippen LogP contribution in [0.15, 0.2) is 59.5 Å². The van der Waals surface area contributed by atoms with Crippen molar-refractivity contribution in [3.8, 4) is 0 Å². The van der Waals surface area contributed by atoms with Gasteiger partial charge in [-0.25, -0.2) is 4.39 Å². The number of carbonyl (C=O) groups is 2. The molecule has 3 heterocycles. The fraction of sp³-hybridized carbons (Fsp3) is 0.321. The molecule has 2 amide bonds. The van der Waals surface area contributed by atoms with Gasteiger partial charge in [-0.3, -0.25) is 14.4 Å². The molecule has 7 nitrogen and oxygen atoms in total. The molecule has 5 rings (SSSR count). The Morgan fingerprint density at radius 3 is 2.58 bits per heavy atom. The van der Waals surface area contributed by atoms with Gasteiger partial charge in [0.1, 0.15) is 11.2 Å². The number of H-pyrrole nitrogens is 1. The molecule has 38 heavy (non-hydrogen) atoms. The Labute approximate surface area is 229 Å². The molecule has 2 aliphatic heterocycles. The predicted molar refractivity (Wildman–Crippen MR) is 146 cm³/mol. The Kier molecular flexibility index (Phi) is 6.62. The highest BCUT2D eigenvalue weighted by atomic mass is 35.5. The minimum absolute atomic E-state index is 0.111. The normalized spacial score (nSPS) is 24.4. The van der Waals surface area contributed by atoms with Gasteiger partial charge in [-0.2, -0.15) is 0 Å². The molecular weight excluding hydrogens is 530 g/mol. The van der Waals surface area contributed by atoms with E-state index >= 15 is 4.39 Å². The maximum atomic E-state index is 15.7. The third-order valence-electron chi connectivity index (χ3n) is 7.26. The summed E-state index contributed by atoms with van der Waals surface area (Å²) in [7, 11) is 0. The van der Waals surface area contributed by atoms with E-state index in [2.05, 4.69) is 20.9 Å². The van der Waals surface area contributed by atoms with Gasteiger partial charge in [0.05, 0.1) is 11.1 Å². The van der Waals surface area contributed by atoms with E-state index in [1.54, 1.807) is 36.4 Å². The highest BCUT2D eigenvalue weighted by molar-refractivity contribution is 6.31. The van der Waals surface area contributed by atoms with Crippen LogP contribution in [-0.4, -0.2) is 28.9 Å². The molecule has 10 heteroatoms. The van der Waals surface area contributed by atoms with Crippen molar-refractivity contribution in [2.24, 2.45) is 5.41 Å². The van der Waals surface area contributed by atoms with Crippen LogP contribution < -0.4 is 21.5 Å². The number of anilines is 2. The first-order valence-corrected chi connectivity index (χ1v) is 13.0. The summed E-state index contributed by atoms with van der Waals surface area (Å²) in [5.41, 5.74) is -0.420. The number of hydrogen-bond acceptors (Lipinski definition) is 4. The number of fused-ring (bicyclic) bond motifs is 2. The average Bonchev–Trinajstić information content (AvgIpc) is 3.29. The van der Waals surface area contributed by atoms with E-state index in [4.69, 9.17) is 23.2 Å². The Morgan fingerprint density at radius 1 is 1.11 bits per heavy atom. The minimum Gasteiger partial charge on any atom is -0.329 e. The van der Waals surface area contributed by atoms with Crippen LogP contribution in [0.5, 0.6) is 0 Å². The number of aromatic amines is 1. The smallest absolute Gasteiger partial charge is 0.249 e. The average molecular weight is 557 g/mol. The maximum absolute atomic E-state index is 15.7. The van der Waals surface area contributed by atoms with Crippen molar-refractivity contribution < 1.29 is 14.0 Å². The Bertz CT molecular complexity index is 1500. The number of pyridine rings is 1. The zero-order valence-corrected chi connectivity index (χ0v) is 22.5. The van der Waals surface area contributed by atoms with E-state index in [0.717, 1.165) is 0 Å². The van der Waals surface area contributed by atoms with Crippen molar-refractivity contribution in [1.29, 1.82) is 0 Å². The molecule has 198 valence electrons. The van der Waals surface area contributed by atoms with Crippen LogP contribution in [0, 0.1) is 11.2 Å². The number of rotatable bonds is 4. The zero-order valence-electron chi connectivity index (χ0n) is 21.0. The van der Waals surface area contributed by atoms with Gasteiger partial charge >= 0.3 is 0 Å². The van der Waals surface area contributed by atoms with Crippen LogP contribution in [0.1, 0.15) is 44.2 Å². The highest BCUT2D eigenvalue weighted by Gasteiger charge is 2.66. The van der Waals surface area contributed by atoms with Gasteiger partial charge in [0, 0.05) is 40.6 Å². The lowest BCUT2D eigenvalue weighted by Gasteiger charge is -2.37. The monoisotopic (exact) mass is 556 g/mol. The van der Waals surface area contributed by atoms with E-state index < -0.39 is 35.1 Å². The van der Waals surface area contributed by atoms with Gasteiger partial charge in [-0.05, 0) is 47.2 Å². The van der Waals surface area contributed by atoms with Crippen LogP contribution in [0.4, 0.5) is 15.8 Å². The fourth-order valence-corrected chi connectivity index (χ4v) is 6.25. The molecule has 1 aromatic heterocycles. The topological polar surface area (TPSA) is 103 Å². The Hall–Kier alpha value is -3.20. The minimum atomic E-state index is -1.35. The molecule has 1 fully saturated rings. The molecule has 0 radical (unpaired) electrons. The summed E-state index contributed by atoms with van der Waals surface area (Å²) in [4.78, 5) is 42.3. The number of hydrogen-bond donors (Lipinski definition) is 4. The SMILES string of the molecule is CC(C)(C)CC1NC(C(=O)Nc2cc[nH]c(=O)c2)C(c2cccc(Cl)c2F)C12C(=O)Nc1cc(Cl)ccc12. The molecule has 0 aliphatic carbocycles. The van der Waals surface area contributed by atoms with E-state index in [-0.39, 0.29) is 33.2 Å². The molecule has 4 unspecified atom stereocenters. The lowest BCUT2D eigenvalue weighted by molar-refractivity contribution is -0.122. The van der Waals surface area contributed by atoms with E-state index in [1.165, 1.54) is 18.3 Å². The molecule has 3 aromatic rings. The summed E-state index contributed by atoms with van der Waals surface area (Å²) in [5, 5.41) is 9.43.